The molecular weight excluding hydrogens is 302 g/mol. The van der Waals surface area contributed by atoms with Crippen molar-refractivity contribution >= 4 is 28.4 Å². The molecule has 0 atom stereocenters. The maximum atomic E-state index is 11.2. The lowest BCUT2D eigenvalue weighted by molar-refractivity contribution is 0.0704. The summed E-state index contributed by atoms with van der Waals surface area (Å²) in [4.78, 5) is 11.5. The molecule has 0 saturated carbocycles. The number of ether oxygens (including phenoxy) is 1. The molecule has 5 nitrogen and oxygen atoms in total. The molecule has 22 heavy (non-hydrogen) atoms. The largest absolute Gasteiger partial charge is 0.496 e. The summed E-state index contributed by atoms with van der Waals surface area (Å²) < 4.78 is 9.33. The number of carboxylic acids is 1. The monoisotopic (exact) mass is 315 g/mol. The van der Waals surface area contributed by atoms with E-state index < -0.39 is 5.97 Å². The molecule has 2 N–H and O–H groups in total. The predicted molar refractivity (Wildman–Crippen MR) is 84.5 cm³/mol. The topological polar surface area (TPSA) is 79.7 Å². The number of benzene rings is 2. The molecule has 3 rings (SSSR count). The van der Waals surface area contributed by atoms with Crippen LogP contribution in [0.15, 0.2) is 36.4 Å². The van der Waals surface area contributed by atoms with Crippen LogP contribution in [0.3, 0.4) is 0 Å². The lowest BCUT2D eigenvalue weighted by atomic mass is 10.0. The zero-order valence-electron chi connectivity index (χ0n) is 11.7. The van der Waals surface area contributed by atoms with E-state index in [-0.39, 0.29) is 11.5 Å². The Labute approximate surface area is 130 Å². The molecule has 0 saturated heterocycles. The third-order valence-corrected chi connectivity index (χ3v) is 4.32. The van der Waals surface area contributed by atoms with Crippen molar-refractivity contribution in [1.82, 2.24) is 4.37 Å². The molecule has 0 spiro atoms. The molecular formula is C16H13NO4S. The van der Waals surface area contributed by atoms with E-state index in [0.717, 1.165) is 22.7 Å². The summed E-state index contributed by atoms with van der Waals surface area (Å²) in [6.07, 6.45) is 0. The van der Waals surface area contributed by atoms with Gasteiger partial charge in [-0.05, 0) is 46.9 Å². The number of aliphatic hydroxyl groups is 1. The summed E-state index contributed by atoms with van der Waals surface area (Å²) in [5.74, 6) is -0.355. The molecule has 0 unspecified atom stereocenters. The predicted octanol–water partition coefficient (Wildman–Crippen LogP) is 3.16. The van der Waals surface area contributed by atoms with E-state index in [1.54, 1.807) is 19.2 Å². The van der Waals surface area contributed by atoms with Gasteiger partial charge in [0.1, 0.15) is 10.6 Å². The zero-order chi connectivity index (χ0) is 15.7. The highest BCUT2D eigenvalue weighted by Gasteiger charge is 2.14. The fourth-order valence-corrected chi connectivity index (χ4v) is 3.05. The number of carboxylic acid groups (broad SMARTS) is 1. The highest BCUT2D eigenvalue weighted by molar-refractivity contribution is 7.09. The third-order valence-electron chi connectivity index (χ3n) is 3.45. The smallest absolute Gasteiger partial charge is 0.348 e. The molecule has 6 heteroatoms. The van der Waals surface area contributed by atoms with E-state index in [9.17, 15) is 15.0 Å². The molecule has 3 aromatic rings. The quantitative estimate of drug-likeness (QED) is 0.773. The highest BCUT2D eigenvalue weighted by atomic mass is 32.1. The first kappa shape index (κ1) is 14.5. The second-order valence-corrected chi connectivity index (χ2v) is 5.51. The first-order chi connectivity index (χ1) is 10.6. The van der Waals surface area contributed by atoms with Gasteiger partial charge in [-0.1, -0.05) is 12.1 Å². The Bertz CT molecular complexity index is 856. The van der Waals surface area contributed by atoms with Crippen molar-refractivity contribution in [3.63, 3.8) is 0 Å². The van der Waals surface area contributed by atoms with Gasteiger partial charge in [-0.25, -0.2) is 4.79 Å². The molecule has 2 aromatic carbocycles. The Hall–Kier alpha value is -2.44. The number of fused-ring (bicyclic) bond motifs is 1. The van der Waals surface area contributed by atoms with E-state index >= 15 is 0 Å². The average Bonchev–Trinajstić information content (AvgIpc) is 2.97. The van der Waals surface area contributed by atoms with Gasteiger partial charge in [0.2, 0.25) is 0 Å². The number of hydrogen-bond donors (Lipinski definition) is 2. The van der Waals surface area contributed by atoms with Gasteiger partial charge < -0.3 is 14.9 Å². The molecule has 1 heterocycles. The van der Waals surface area contributed by atoms with Crippen LogP contribution < -0.4 is 4.74 Å². The van der Waals surface area contributed by atoms with Crippen molar-refractivity contribution < 1.29 is 19.7 Å². The van der Waals surface area contributed by atoms with Gasteiger partial charge in [0.25, 0.3) is 0 Å². The van der Waals surface area contributed by atoms with Crippen LogP contribution >= 0.6 is 11.5 Å². The van der Waals surface area contributed by atoms with Gasteiger partial charge in [-0.3, -0.25) is 0 Å². The number of nitrogens with zero attached hydrogens (tertiary/aromatic N) is 1. The summed E-state index contributed by atoms with van der Waals surface area (Å²) in [6.45, 7) is -0.125. The Kier molecular flexibility index (Phi) is 3.79. The van der Waals surface area contributed by atoms with Gasteiger partial charge >= 0.3 is 5.97 Å². The van der Waals surface area contributed by atoms with Crippen LogP contribution in [0.1, 0.15) is 15.2 Å². The van der Waals surface area contributed by atoms with Crippen LogP contribution in [-0.2, 0) is 6.61 Å². The number of aliphatic hydroxyl groups excluding tert-OH is 1. The highest BCUT2D eigenvalue weighted by Crippen LogP contribution is 2.31. The number of aromatic carboxylic acids is 1. The first-order valence-electron chi connectivity index (χ1n) is 6.55. The molecule has 0 bridgehead atoms. The minimum absolute atomic E-state index is 0.125. The Morgan fingerprint density at radius 1 is 1.23 bits per heavy atom. The lowest BCUT2D eigenvalue weighted by Gasteiger charge is -2.09. The van der Waals surface area contributed by atoms with E-state index in [4.69, 9.17) is 4.74 Å². The fourth-order valence-electron chi connectivity index (χ4n) is 2.36. The number of hydrogen-bond acceptors (Lipinski definition) is 5. The molecule has 0 fully saturated rings. The van der Waals surface area contributed by atoms with Crippen molar-refractivity contribution in [3.8, 4) is 16.9 Å². The minimum atomic E-state index is -0.976. The Balaban J connectivity index is 2.13. The van der Waals surface area contributed by atoms with Crippen molar-refractivity contribution in [1.29, 1.82) is 0 Å². The number of carbonyl (C=O) groups is 1. The summed E-state index contributed by atoms with van der Waals surface area (Å²) in [6, 6.07) is 11.0. The zero-order valence-corrected chi connectivity index (χ0v) is 12.6. The van der Waals surface area contributed by atoms with Crippen LogP contribution in [0, 0.1) is 0 Å². The second kappa shape index (κ2) is 5.75. The Morgan fingerprint density at radius 3 is 2.64 bits per heavy atom. The maximum Gasteiger partial charge on any atom is 0.348 e. The van der Waals surface area contributed by atoms with Gasteiger partial charge in [-0.15, -0.1) is 0 Å². The summed E-state index contributed by atoms with van der Waals surface area (Å²) >= 11 is 0.979. The molecule has 1 aromatic heterocycles. The Morgan fingerprint density at radius 2 is 1.95 bits per heavy atom. The van der Waals surface area contributed by atoms with Crippen molar-refractivity contribution in [2.75, 3.05) is 7.11 Å². The van der Waals surface area contributed by atoms with Gasteiger partial charge in [0.15, 0.2) is 0 Å². The van der Waals surface area contributed by atoms with E-state index in [2.05, 4.69) is 4.37 Å². The van der Waals surface area contributed by atoms with Crippen molar-refractivity contribution in [2.24, 2.45) is 0 Å². The van der Waals surface area contributed by atoms with Crippen LogP contribution in [0.2, 0.25) is 0 Å². The van der Waals surface area contributed by atoms with Gasteiger partial charge in [-0.2, -0.15) is 4.37 Å². The number of methoxy groups -OCH3 is 1. The number of rotatable bonds is 4. The van der Waals surface area contributed by atoms with E-state index in [1.807, 2.05) is 24.3 Å². The van der Waals surface area contributed by atoms with E-state index in [1.165, 1.54) is 0 Å². The maximum absolute atomic E-state index is 11.2. The first-order valence-corrected chi connectivity index (χ1v) is 7.32. The van der Waals surface area contributed by atoms with Crippen LogP contribution in [0.5, 0.6) is 5.75 Å². The van der Waals surface area contributed by atoms with Gasteiger partial charge in [0, 0.05) is 10.9 Å². The molecule has 0 aliphatic heterocycles. The average molecular weight is 315 g/mol. The van der Waals surface area contributed by atoms with Crippen molar-refractivity contribution in [2.45, 2.75) is 6.61 Å². The van der Waals surface area contributed by atoms with Crippen LogP contribution in [0.25, 0.3) is 22.0 Å². The summed E-state index contributed by atoms with van der Waals surface area (Å²) in [7, 11) is 1.55. The van der Waals surface area contributed by atoms with Crippen LogP contribution in [0.4, 0.5) is 0 Å². The fraction of sp³-hybridized carbons (Fsp3) is 0.125. The SMILES string of the molecule is COc1ccc(-c2ccc3nsc(C(=O)O)c3c2)cc1CO. The molecule has 0 aliphatic rings. The normalized spacial score (nSPS) is 10.8. The summed E-state index contributed by atoms with van der Waals surface area (Å²) in [5, 5.41) is 19.2. The lowest BCUT2D eigenvalue weighted by Crippen LogP contribution is -1.93. The van der Waals surface area contributed by atoms with Gasteiger partial charge in [0.05, 0.1) is 19.2 Å². The molecule has 0 amide bonds. The number of aromatic nitrogens is 1. The van der Waals surface area contributed by atoms with E-state index in [0.29, 0.717) is 22.2 Å². The summed E-state index contributed by atoms with van der Waals surface area (Å²) in [5.41, 5.74) is 3.10. The molecule has 0 aliphatic carbocycles. The standard InChI is InChI=1S/C16H13NO4S/c1-21-14-5-3-9(6-11(14)8-18)10-2-4-13-12(7-10)15(16(19)20)22-17-13/h2-7,18H,8H2,1H3,(H,19,20). The molecule has 0 radical (unpaired) electrons. The third kappa shape index (κ3) is 2.43. The molecule has 112 valence electrons. The second-order valence-electron chi connectivity index (χ2n) is 4.73. The van der Waals surface area contributed by atoms with Crippen LogP contribution in [-0.4, -0.2) is 27.7 Å². The minimum Gasteiger partial charge on any atom is -0.496 e. The van der Waals surface area contributed by atoms with Crippen molar-refractivity contribution in [3.05, 3.63) is 46.8 Å².